The molecule has 0 atom stereocenters. The third-order valence-corrected chi connectivity index (χ3v) is 3.95. The average molecular weight is 350 g/mol. The molecule has 3 N–H and O–H groups in total. The highest BCUT2D eigenvalue weighted by molar-refractivity contribution is 6.03. The summed E-state index contributed by atoms with van der Waals surface area (Å²) in [5.74, 6) is 0.262. The van der Waals surface area contributed by atoms with Gasteiger partial charge in [0.1, 0.15) is 11.5 Å². The number of nitrogens with zero attached hydrogens (tertiary/aromatic N) is 4. The molecule has 2 aromatic heterocycles. The van der Waals surface area contributed by atoms with Crippen molar-refractivity contribution in [2.24, 2.45) is 0 Å². The van der Waals surface area contributed by atoms with Crippen molar-refractivity contribution >= 4 is 17.6 Å². The van der Waals surface area contributed by atoms with Gasteiger partial charge in [-0.3, -0.25) is 9.89 Å². The predicted octanol–water partition coefficient (Wildman–Crippen LogP) is 2.09. The van der Waals surface area contributed by atoms with Crippen molar-refractivity contribution in [3.63, 3.8) is 0 Å². The largest absolute Gasteiger partial charge is 0.476 e. The third-order valence-electron chi connectivity index (χ3n) is 3.95. The van der Waals surface area contributed by atoms with E-state index in [1.165, 1.54) is 0 Å². The van der Waals surface area contributed by atoms with Crippen LogP contribution in [0, 0.1) is 0 Å². The van der Waals surface area contributed by atoms with Crippen LogP contribution in [0.5, 0.6) is 0 Å². The number of rotatable bonds is 5. The molecule has 1 aliphatic carbocycles. The van der Waals surface area contributed by atoms with Crippen LogP contribution in [0.3, 0.4) is 0 Å². The minimum Gasteiger partial charge on any atom is -0.476 e. The number of aromatic amines is 1. The Hall–Kier alpha value is -3.62. The van der Waals surface area contributed by atoms with Crippen LogP contribution in [0.4, 0.5) is 5.69 Å². The van der Waals surface area contributed by atoms with E-state index in [-0.39, 0.29) is 11.4 Å². The van der Waals surface area contributed by atoms with Crippen molar-refractivity contribution in [3.8, 4) is 11.4 Å². The molecule has 26 heavy (non-hydrogen) atoms. The molecule has 2 heterocycles. The first-order chi connectivity index (χ1) is 12.6. The standard InChI is InChI=1S/C17H14N6O3/c24-16(12-7-19-13(8-18-12)17(25)26)20-11-3-1-2-10(6-11)15-21-14(22-23-15)9-4-5-9/h1-3,6-9H,4-5H2,(H,20,24)(H,25,26)(H,21,22,23). The van der Waals surface area contributed by atoms with Crippen LogP contribution in [0.2, 0.25) is 0 Å². The van der Waals surface area contributed by atoms with Crippen LogP contribution >= 0.6 is 0 Å². The first-order valence-corrected chi connectivity index (χ1v) is 7.99. The van der Waals surface area contributed by atoms with Crippen molar-refractivity contribution in [1.82, 2.24) is 25.1 Å². The lowest BCUT2D eigenvalue weighted by molar-refractivity contribution is 0.0689. The van der Waals surface area contributed by atoms with E-state index in [2.05, 4.69) is 30.5 Å². The van der Waals surface area contributed by atoms with Gasteiger partial charge in [0.05, 0.1) is 12.4 Å². The number of carbonyl (C=O) groups excluding carboxylic acids is 1. The fourth-order valence-corrected chi connectivity index (χ4v) is 2.43. The maximum atomic E-state index is 12.2. The van der Waals surface area contributed by atoms with Crippen molar-refractivity contribution in [2.75, 3.05) is 5.32 Å². The Morgan fingerprint density at radius 2 is 1.92 bits per heavy atom. The fraction of sp³-hybridized carbons (Fsp3) is 0.176. The number of anilines is 1. The van der Waals surface area contributed by atoms with Gasteiger partial charge < -0.3 is 10.4 Å². The van der Waals surface area contributed by atoms with Gasteiger partial charge in [-0.05, 0) is 25.0 Å². The van der Waals surface area contributed by atoms with E-state index in [4.69, 9.17) is 5.11 Å². The molecule has 1 aliphatic rings. The highest BCUT2D eigenvalue weighted by Gasteiger charge is 2.27. The molecule has 130 valence electrons. The molecule has 0 bridgehead atoms. The number of carboxylic acid groups (broad SMARTS) is 1. The first-order valence-electron chi connectivity index (χ1n) is 7.99. The summed E-state index contributed by atoms with van der Waals surface area (Å²) in [5, 5.41) is 18.7. The predicted molar refractivity (Wildman–Crippen MR) is 90.7 cm³/mol. The lowest BCUT2D eigenvalue weighted by Crippen LogP contribution is -2.15. The molecule has 0 saturated heterocycles. The van der Waals surface area contributed by atoms with Crippen LogP contribution < -0.4 is 5.32 Å². The summed E-state index contributed by atoms with van der Waals surface area (Å²) in [6, 6.07) is 7.14. The monoisotopic (exact) mass is 350 g/mol. The number of amides is 1. The second kappa shape index (κ2) is 6.36. The van der Waals surface area contributed by atoms with E-state index in [0.29, 0.717) is 17.4 Å². The van der Waals surface area contributed by atoms with Gasteiger partial charge in [0.15, 0.2) is 11.5 Å². The van der Waals surface area contributed by atoms with Crippen LogP contribution in [0.15, 0.2) is 36.7 Å². The summed E-state index contributed by atoms with van der Waals surface area (Å²) in [5.41, 5.74) is 1.13. The van der Waals surface area contributed by atoms with Gasteiger partial charge in [-0.15, -0.1) is 0 Å². The molecule has 0 radical (unpaired) electrons. The lowest BCUT2D eigenvalue weighted by atomic mass is 10.2. The molecule has 1 aromatic carbocycles. The Bertz CT molecular complexity index is 978. The number of nitrogens with one attached hydrogen (secondary N) is 2. The van der Waals surface area contributed by atoms with Gasteiger partial charge in [-0.1, -0.05) is 12.1 Å². The zero-order chi connectivity index (χ0) is 18.1. The topological polar surface area (TPSA) is 134 Å². The third kappa shape index (κ3) is 3.27. The minimum atomic E-state index is -1.20. The van der Waals surface area contributed by atoms with E-state index in [1.807, 2.05) is 6.07 Å². The normalized spacial score (nSPS) is 13.4. The van der Waals surface area contributed by atoms with E-state index in [1.54, 1.807) is 18.2 Å². The summed E-state index contributed by atoms with van der Waals surface area (Å²) >= 11 is 0. The van der Waals surface area contributed by atoms with E-state index in [0.717, 1.165) is 36.6 Å². The van der Waals surface area contributed by atoms with Gasteiger partial charge in [-0.25, -0.2) is 19.7 Å². The number of aromatic nitrogens is 5. The van der Waals surface area contributed by atoms with E-state index in [9.17, 15) is 9.59 Å². The number of hydrogen-bond acceptors (Lipinski definition) is 6. The Balaban J connectivity index is 1.50. The molecule has 1 fully saturated rings. The summed E-state index contributed by atoms with van der Waals surface area (Å²) in [6.45, 7) is 0. The zero-order valence-corrected chi connectivity index (χ0v) is 13.5. The SMILES string of the molecule is O=C(O)c1cnc(C(=O)Nc2cccc(-c3n[nH]c(C4CC4)n3)c2)cn1. The second-order valence-electron chi connectivity index (χ2n) is 5.95. The maximum absolute atomic E-state index is 12.2. The molecule has 3 aromatic rings. The lowest BCUT2D eigenvalue weighted by Gasteiger charge is -2.06. The Kier molecular flexibility index (Phi) is 3.88. The molecule has 0 spiro atoms. The molecule has 9 heteroatoms. The zero-order valence-electron chi connectivity index (χ0n) is 13.5. The fourth-order valence-electron chi connectivity index (χ4n) is 2.43. The van der Waals surface area contributed by atoms with Crippen LogP contribution in [-0.2, 0) is 0 Å². The van der Waals surface area contributed by atoms with E-state index < -0.39 is 11.9 Å². The highest BCUT2D eigenvalue weighted by Crippen LogP contribution is 2.38. The van der Waals surface area contributed by atoms with Crippen LogP contribution in [0.25, 0.3) is 11.4 Å². The molecule has 1 amide bonds. The Morgan fingerprint density at radius 3 is 2.62 bits per heavy atom. The van der Waals surface area contributed by atoms with Crippen molar-refractivity contribution in [1.29, 1.82) is 0 Å². The number of hydrogen-bond donors (Lipinski definition) is 3. The molecular formula is C17H14N6O3. The summed E-state index contributed by atoms with van der Waals surface area (Å²) in [4.78, 5) is 35.0. The average Bonchev–Trinajstić information content (AvgIpc) is 3.39. The molecule has 0 unspecified atom stereocenters. The number of benzene rings is 1. The van der Waals surface area contributed by atoms with Crippen molar-refractivity contribution in [3.05, 3.63) is 53.9 Å². The van der Waals surface area contributed by atoms with Crippen molar-refractivity contribution in [2.45, 2.75) is 18.8 Å². The number of carbonyl (C=O) groups is 2. The quantitative estimate of drug-likeness (QED) is 0.641. The van der Waals surface area contributed by atoms with Gasteiger partial charge >= 0.3 is 5.97 Å². The van der Waals surface area contributed by atoms with E-state index >= 15 is 0 Å². The Morgan fingerprint density at radius 1 is 1.15 bits per heavy atom. The summed E-state index contributed by atoms with van der Waals surface area (Å²) in [7, 11) is 0. The van der Waals surface area contributed by atoms with Gasteiger partial charge in [-0.2, -0.15) is 5.10 Å². The van der Waals surface area contributed by atoms with Crippen LogP contribution in [0.1, 0.15) is 45.6 Å². The van der Waals surface area contributed by atoms with Crippen LogP contribution in [-0.4, -0.2) is 42.1 Å². The minimum absolute atomic E-state index is 0.0225. The maximum Gasteiger partial charge on any atom is 0.356 e. The molecular weight excluding hydrogens is 336 g/mol. The molecule has 4 rings (SSSR count). The number of H-pyrrole nitrogens is 1. The first kappa shape index (κ1) is 15.9. The number of aromatic carboxylic acids is 1. The van der Waals surface area contributed by atoms with Gasteiger partial charge in [0.2, 0.25) is 0 Å². The number of carboxylic acids is 1. The second-order valence-corrected chi connectivity index (χ2v) is 5.95. The molecule has 9 nitrogen and oxygen atoms in total. The van der Waals surface area contributed by atoms with Gasteiger partial charge in [0.25, 0.3) is 5.91 Å². The molecule has 1 saturated carbocycles. The summed E-state index contributed by atoms with van der Waals surface area (Å²) in [6.07, 6.45) is 4.43. The summed E-state index contributed by atoms with van der Waals surface area (Å²) < 4.78 is 0. The van der Waals surface area contributed by atoms with Crippen molar-refractivity contribution < 1.29 is 14.7 Å². The molecule has 0 aliphatic heterocycles. The highest BCUT2D eigenvalue weighted by atomic mass is 16.4. The Labute approximate surface area is 147 Å². The van der Waals surface area contributed by atoms with Gasteiger partial charge in [0, 0.05) is 17.2 Å². The smallest absolute Gasteiger partial charge is 0.356 e.